The van der Waals surface area contributed by atoms with Crippen LogP contribution in [0.4, 0.5) is 11.5 Å². The molecular weight excluding hydrogens is 324 g/mol. The molecule has 0 aliphatic rings. The number of hydrogen-bond donors (Lipinski definition) is 2. The van der Waals surface area contributed by atoms with Gasteiger partial charge in [0.25, 0.3) is 0 Å². The molecule has 1 atom stereocenters. The van der Waals surface area contributed by atoms with Gasteiger partial charge < -0.3 is 10.6 Å². The normalized spacial score (nSPS) is 11.6. The third-order valence-corrected chi connectivity index (χ3v) is 3.90. The molecular formula is C18H21ClN4O. The summed E-state index contributed by atoms with van der Waals surface area (Å²) in [5.74, 6) is 1.12. The highest BCUT2D eigenvalue weighted by Gasteiger charge is 2.16. The van der Waals surface area contributed by atoms with E-state index in [0.717, 1.165) is 22.9 Å². The number of carbonyl (C=O) groups excluding carboxylic acids is 1. The van der Waals surface area contributed by atoms with Gasteiger partial charge >= 0.3 is 0 Å². The van der Waals surface area contributed by atoms with E-state index in [1.54, 1.807) is 30.5 Å². The molecule has 1 aromatic heterocycles. The molecule has 0 fully saturated rings. The van der Waals surface area contributed by atoms with Gasteiger partial charge in [-0.3, -0.25) is 4.79 Å². The SMILES string of the molecule is C=C(CCNc1ccnc(C)n1)C(C)C(=O)Nc1ccc(Cl)cc1. The third-order valence-electron chi connectivity index (χ3n) is 3.65. The molecule has 0 aliphatic carbocycles. The smallest absolute Gasteiger partial charge is 0.231 e. The summed E-state index contributed by atoms with van der Waals surface area (Å²) in [5.41, 5.74) is 1.58. The van der Waals surface area contributed by atoms with E-state index in [0.29, 0.717) is 18.0 Å². The van der Waals surface area contributed by atoms with Crippen LogP contribution < -0.4 is 10.6 Å². The summed E-state index contributed by atoms with van der Waals surface area (Å²) in [6.45, 7) is 8.38. The van der Waals surface area contributed by atoms with E-state index in [2.05, 4.69) is 27.2 Å². The van der Waals surface area contributed by atoms with Crippen molar-refractivity contribution >= 4 is 29.0 Å². The third kappa shape index (κ3) is 5.35. The highest BCUT2D eigenvalue weighted by atomic mass is 35.5. The van der Waals surface area contributed by atoms with Gasteiger partial charge in [0.2, 0.25) is 5.91 Å². The van der Waals surface area contributed by atoms with E-state index < -0.39 is 0 Å². The molecule has 0 spiro atoms. The van der Waals surface area contributed by atoms with E-state index in [9.17, 15) is 4.79 Å². The van der Waals surface area contributed by atoms with E-state index in [4.69, 9.17) is 11.6 Å². The van der Waals surface area contributed by atoms with Crippen molar-refractivity contribution in [2.75, 3.05) is 17.2 Å². The van der Waals surface area contributed by atoms with Crippen molar-refractivity contribution in [3.63, 3.8) is 0 Å². The summed E-state index contributed by atoms with van der Waals surface area (Å²) in [5, 5.41) is 6.71. The molecule has 5 nitrogen and oxygen atoms in total. The lowest BCUT2D eigenvalue weighted by atomic mass is 9.99. The summed E-state index contributed by atoms with van der Waals surface area (Å²) >= 11 is 5.84. The lowest BCUT2D eigenvalue weighted by Gasteiger charge is -2.15. The Hall–Kier alpha value is -2.40. The second-order valence-electron chi connectivity index (χ2n) is 5.54. The number of aryl methyl sites for hydroxylation is 1. The summed E-state index contributed by atoms with van der Waals surface area (Å²) in [6.07, 6.45) is 2.39. The van der Waals surface area contributed by atoms with Gasteiger partial charge in [0.15, 0.2) is 0 Å². The fourth-order valence-electron chi connectivity index (χ4n) is 2.09. The number of benzene rings is 1. The molecule has 1 heterocycles. The van der Waals surface area contributed by atoms with Crippen LogP contribution in [0.15, 0.2) is 48.7 Å². The molecule has 24 heavy (non-hydrogen) atoms. The first kappa shape index (κ1) is 17.9. The Labute approximate surface area is 147 Å². The van der Waals surface area contributed by atoms with Crippen molar-refractivity contribution in [3.8, 4) is 0 Å². The molecule has 126 valence electrons. The number of amides is 1. The summed E-state index contributed by atoms with van der Waals surface area (Å²) < 4.78 is 0. The van der Waals surface area contributed by atoms with E-state index in [1.807, 2.05) is 19.9 Å². The minimum Gasteiger partial charge on any atom is -0.370 e. The molecule has 0 saturated heterocycles. The largest absolute Gasteiger partial charge is 0.370 e. The molecule has 2 N–H and O–H groups in total. The first-order valence-corrected chi connectivity index (χ1v) is 8.11. The molecule has 1 aromatic carbocycles. The number of nitrogens with zero attached hydrogens (tertiary/aromatic N) is 2. The summed E-state index contributed by atoms with van der Waals surface area (Å²) in [6, 6.07) is 8.84. The second-order valence-corrected chi connectivity index (χ2v) is 5.98. The molecule has 0 radical (unpaired) electrons. The Morgan fingerprint density at radius 1 is 1.29 bits per heavy atom. The maximum atomic E-state index is 12.3. The molecule has 1 amide bonds. The van der Waals surface area contributed by atoms with E-state index >= 15 is 0 Å². The average Bonchev–Trinajstić information content (AvgIpc) is 2.56. The van der Waals surface area contributed by atoms with Gasteiger partial charge in [0.1, 0.15) is 11.6 Å². The van der Waals surface area contributed by atoms with Gasteiger partial charge in [-0.1, -0.05) is 23.8 Å². The lowest BCUT2D eigenvalue weighted by molar-refractivity contribution is -0.118. The molecule has 0 saturated carbocycles. The first-order chi connectivity index (χ1) is 11.5. The minimum atomic E-state index is -0.283. The Kier molecular flexibility index (Phi) is 6.32. The van der Waals surface area contributed by atoms with Crippen LogP contribution in [0.3, 0.4) is 0 Å². The molecule has 2 rings (SSSR count). The zero-order chi connectivity index (χ0) is 17.5. The highest BCUT2D eigenvalue weighted by Crippen LogP contribution is 2.18. The van der Waals surface area contributed by atoms with Crippen LogP contribution in [-0.4, -0.2) is 22.4 Å². The van der Waals surface area contributed by atoms with Crippen molar-refractivity contribution in [1.29, 1.82) is 0 Å². The van der Waals surface area contributed by atoms with Crippen LogP contribution >= 0.6 is 11.6 Å². The topological polar surface area (TPSA) is 66.9 Å². The maximum Gasteiger partial charge on any atom is 0.231 e. The Morgan fingerprint density at radius 3 is 2.67 bits per heavy atom. The van der Waals surface area contributed by atoms with Crippen LogP contribution in [0.1, 0.15) is 19.2 Å². The molecule has 2 aromatic rings. The predicted octanol–water partition coefficient (Wildman–Crippen LogP) is 4.07. The van der Waals surface area contributed by atoms with Gasteiger partial charge in [-0.2, -0.15) is 0 Å². The number of nitrogens with one attached hydrogen (secondary N) is 2. The number of anilines is 2. The van der Waals surface area contributed by atoms with Crippen molar-refractivity contribution in [1.82, 2.24) is 9.97 Å². The average molecular weight is 345 g/mol. The number of carbonyl (C=O) groups is 1. The van der Waals surface area contributed by atoms with Crippen molar-refractivity contribution in [3.05, 3.63) is 59.5 Å². The van der Waals surface area contributed by atoms with Crippen LogP contribution in [0.5, 0.6) is 0 Å². The number of aromatic nitrogens is 2. The van der Waals surface area contributed by atoms with E-state index in [1.165, 1.54) is 0 Å². The van der Waals surface area contributed by atoms with Crippen LogP contribution in [-0.2, 0) is 4.79 Å². The van der Waals surface area contributed by atoms with Crippen molar-refractivity contribution < 1.29 is 4.79 Å². The maximum absolute atomic E-state index is 12.3. The zero-order valence-corrected chi connectivity index (χ0v) is 14.6. The van der Waals surface area contributed by atoms with Crippen LogP contribution in [0.2, 0.25) is 5.02 Å². The molecule has 0 aliphatic heterocycles. The highest BCUT2D eigenvalue weighted by molar-refractivity contribution is 6.30. The fraction of sp³-hybridized carbons (Fsp3) is 0.278. The number of hydrogen-bond acceptors (Lipinski definition) is 4. The number of halogens is 1. The molecule has 6 heteroatoms. The van der Waals surface area contributed by atoms with Gasteiger partial charge in [-0.25, -0.2) is 9.97 Å². The predicted molar refractivity (Wildman–Crippen MR) is 98.3 cm³/mol. The van der Waals surface area contributed by atoms with Gasteiger partial charge in [0.05, 0.1) is 5.92 Å². The number of rotatable bonds is 7. The van der Waals surface area contributed by atoms with Crippen molar-refractivity contribution in [2.45, 2.75) is 20.3 Å². The van der Waals surface area contributed by atoms with Crippen molar-refractivity contribution in [2.24, 2.45) is 5.92 Å². The quantitative estimate of drug-likeness (QED) is 0.743. The first-order valence-electron chi connectivity index (χ1n) is 7.73. The Morgan fingerprint density at radius 2 is 2.00 bits per heavy atom. The Balaban J connectivity index is 1.80. The fourth-order valence-corrected chi connectivity index (χ4v) is 2.22. The summed E-state index contributed by atoms with van der Waals surface area (Å²) in [7, 11) is 0. The van der Waals surface area contributed by atoms with Gasteiger partial charge in [0, 0.05) is 23.5 Å². The van der Waals surface area contributed by atoms with Gasteiger partial charge in [-0.05, 0) is 50.6 Å². The zero-order valence-electron chi connectivity index (χ0n) is 13.8. The molecule has 0 bridgehead atoms. The molecule has 1 unspecified atom stereocenters. The Bertz CT molecular complexity index is 715. The second kappa shape index (κ2) is 8.45. The van der Waals surface area contributed by atoms with Crippen LogP contribution in [0, 0.1) is 12.8 Å². The standard InChI is InChI=1S/C18H21ClN4O/c1-12(8-10-21-17-9-11-20-14(3)22-17)13(2)18(24)23-16-6-4-15(19)5-7-16/h4-7,9,11,13H,1,8,10H2,2-3H3,(H,23,24)(H,20,21,22). The van der Waals surface area contributed by atoms with E-state index in [-0.39, 0.29) is 11.8 Å². The van der Waals surface area contributed by atoms with Gasteiger partial charge in [-0.15, -0.1) is 0 Å². The monoisotopic (exact) mass is 344 g/mol. The van der Waals surface area contributed by atoms with Crippen LogP contribution in [0.25, 0.3) is 0 Å². The lowest BCUT2D eigenvalue weighted by Crippen LogP contribution is -2.22. The summed E-state index contributed by atoms with van der Waals surface area (Å²) in [4.78, 5) is 20.6. The minimum absolute atomic E-state index is 0.0831.